The molecule has 0 radical (unpaired) electrons. The fraction of sp³-hybridized carbons (Fsp3) is 0.733. The molecular weight excluding hydrogens is 236 g/mol. The van der Waals surface area contributed by atoms with E-state index in [4.69, 9.17) is 0 Å². The first-order valence-corrected chi connectivity index (χ1v) is 7.52. The molecule has 4 heteroatoms. The molecule has 0 aromatic carbocycles. The van der Waals surface area contributed by atoms with Gasteiger partial charge in [-0.1, -0.05) is 13.3 Å². The summed E-state index contributed by atoms with van der Waals surface area (Å²) in [5.41, 5.74) is 1.23. The summed E-state index contributed by atoms with van der Waals surface area (Å²) in [4.78, 5) is 11.1. The zero-order chi connectivity index (χ0) is 13.5. The van der Waals surface area contributed by atoms with Gasteiger partial charge in [0.15, 0.2) is 0 Å². The number of nitrogens with zero attached hydrogens (tertiary/aromatic N) is 3. The van der Waals surface area contributed by atoms with E-state index in [-0.39, 0.29) is 0 Å². The van der Waals surface area contributed by atoms with E-state index in [1.165, 1.54) is 37.9 Å². The second kappa shape index (κ2) is 7.43. The molecule has 0 saturated carbocycles. The molecule has 1 aromatic heterocycles. The van der Waals surface area contributed by atoms with Gasteiger partial charge in [0.2, 0.25) is 5.95 Å². The molecule has 0 bridgehead atoms. The molecule has 1 aliphatic rings. The Kier molecular flexibility index (Phi) is 5.58. The molecule has 1 aliphatic heterocycles. The highest BCUT2D eigenvalue weighted by atomic mass is 15.2. The van der Waals surface area contributed by atoms with E-state index in [9.17, 15) is 0 Å². The molecular formula is C15H26N4. The normalized spacial score (nSPS) is 16.5. The Hall–Kier alpha value is -1.16. The smallest absolute Gasteiger partial charge is 0.224 e. The number of hydrogen-bond acceptors (Lipinski definition) is 4. The second-order valence-corrected chi connectivity index (χ2v) is 5.54. The maximum absolute atomic E-state index is 4.46. The highest BCUT2D eigenvalue weighted by molar-refractivity contribution is 5.28. The lowest BCUT2D eigenvalue weighted by Crippen LogP contribution is -2.30. The minimum Gasteiger partial charge on any atom is -0.344 e. The predicted octanol–water partition coefficient (Wildman–Crippen LogP) is 2.26. The SMILES string of the molecule is CCCc1cnc(N(C)CCC2CCNCC2)nc1. The molecule has 19 heavy (non-hydrogen) atoms. The Labute approximate surface area is 116 Å². The average molecular weight is 262 g/mol. The molecule has 1 saturated heterocycles. The molecule has 106 valence electrons. The van der Waals surface area contributed by atoms with Gasteiger partial charge in [-0.2, -0.15) is 0 Å². The van der Waals surface area contributed by atoms with Crippen molar-refractivity contribution in [3.05, 3.63) is 18.0 Å². The minimum absolute atomic E-state index is 0.855. The third-order valence-electron chi connectivity index (χ3n) is 3.90. The van der Waals surface area contributed by atoms with E-state index in [0.717, 1.165) is 31.3 Å². The molecule has 1 fully saturated rings. The first kappa shape index (κ1) is 14.3. The van der Waals surface area contributed by atoms with Crippen LogP contribution in [0.4, 0.5) is 5.95 Å². The van der Waals surface area contributed by atoms with Crippen molar-refractivity contribution in [1.29, 1.82) is 0 Å². The monoisotopic (exact) mass is 262 g/mol. The van der Waals surface area contributed by atoms with Gasteiger partial charge in [-0.3, -0.25) is 0 Å². The van der Waals surface area contributed by atoms with Crippen molar-refractivity contribution in [2.45, 2.75) is 39.0 Å². The zero-order valence-electron chi connectivity index (χ0n) is 12.2. The number of nitrogens with one attached hydrogen (secondary N) is 1. The van der Waals surface area contributed by atoms with Crippen molar-refractivity contribution in [3.63, 3.8) is 0 Å². The summed E-state index contributed by atoms with van der Waals surface area (Å²) in [5, 5.41) is 3.41. The van der Waals surface area contributed by atoms with Gasteiger partial charge in [0.25, 0.3) is 0 Å². The molecule has 0 spiro atoms. The van der Waals surface area contributed by atoms with Gasteiger partial charge in [0.05, 0.1) is 0 Å². The topological polar surface area (TPSA) is 41.1 Å². The zero-order valence-corrected chi connectivity index (χ0v) is 12.2. The molecule has 2 heterocycles. The summed E-state index contributed by atoms with van der Waals surface area (Å²) < 4.78 is 0. The summed E-state index contributed by atoms with van der Waals surface area (Å²) in [6.45, 7) is 5.59. The van der Waals surface area contributed by atoms with E-state index >= 15 is 0 Å². The van der Waals surface area contributed by atoms with Gasteiger partial charge in [0.1, 0.15) is 0 Å². The maximum Gasteiger partial charge on any atom is 0.224 e. The van der Waals surface area contributed by atoms with Crippen LogP contribution in [0.3, 0.4) is 0 Å². The summed E-state index contributed by atoms with van der Waals surface area (Å²) in [7, 11) is 2.09. The van der Waals surface area contributed by atoms with Crippen LogP contribution in [0.25, 0.3) is 0 Å². The van der Waals surface area contributed by atoms with Crippen LogP contribution in [-0.4, -0.2) is 36.6 Å². The largest absolute Gasteiger partial charge is 0.344 e. The van der Waals surface area contributed by atoms with Crippen LogP contribution in [0.15, 0.2) is 12.4 Å². The molecule has 0 aliphatic carbocycles. The Morgan fingerprint density at radius 3 is 2.58 bits per heavy atom. The van der Waals surface area contributed by atoms with Gasteiger partial charge in [-0.15, -0.1) is 0 Å². The van der Waals surface area contributed by atoms with E-state index in [1.807, 2.05) is 12.4 Å². The highest BCUT2D eigenvalue weighted by Gasteiger charge is 2.14. The van der Waals surface area contributed by atoms with E-state index < -0.39 is 0 Å². The number of aromatic nitrogens is 2. The lowest BCUT2D eigenvalue weighted by atomic mass is 9.94. The van der Waals surface area contributed by atoms with Crippen molar-refractivity contribution >= 4 is 5.95 Å². The molecule has 0 amide bonds. The van der Waals surface area contributed by atoms with Gasteiger partial charge in [0, 0.05) is 26.0 Å². The summed E-state index contributed by atoms with van der Waals surface area (Å²) >= 11 is 0. The number of anilines is 1. The van der Waals surface area contributed by atoms with Crippen LogP contribution in [0.5, 0.6) is 0 Å². The number of aryl methyl sites for hydroxylation is 1. The van der Waals surface area contributed by atoms with Crippen LogP contribution < -0.4 is 10.2 Å². The Bertz CT molecular complexity index is 357. The quantitative estimate of drug-likeness (QED) is 0.854. The standard InChI is InChI=1S/C15H26N4/c1-3-4-14-11-17-15(18-12-14)19(2)10-7-13-5-8-16-9-6-13/h11-13,16H,3-10H2,1-2H3. The van der Waals surface area contributed by atoms with Crippen molar-refractivity contribution < 1.29 is 0 Å². The van der Waals surface area contributed by atoms with Crippen molar-refractivity contribution in [2.75, 3.05) is 31.6 Å². The number of rotatable bonds is 6. The van der Waals surface area contributed by atoms with E-state index in [0.29, 0.717) is 0 Å². The van der Waals surface area contributed by atoms with Crippen LogP contribution in [0.2, 0.25) is 0 Å². The first-order chi connectivity index (χ1) is 9.29. The molecule has 0 atom stereocenters. The Balaban J connectivity index is 1.79. The average Bonchev–Trinajstić information content (AvgIpc) is 2.47. The molecule has 4 nitrogen and oxygen atoms in total. The third kappa shape index (κ3) is 4.46. The summed E-state index contributed by atoms with van der Waals surface area (Å²) in [5.74, 6) is 1.72. The molecule has 2 rings (SSSR count). The van der Waals surface area contributed by atoms with Crippen molar-refractivity contribution in [3.8, 4) is 0 Å². The van der Waals surface area contributed by atoms with Gasteiger partial charge in [-0.05, 0) is 50.3 Å². The number of hydrogen-bond donors (Lipinski definition) is 1. The summed E-state index contributed by atoms with van der Waals surface area (Å²) in [6.07, 6.45) is 10.0. The lowest BCUT2D eigenvalue weighted by molar-refractivity contribution is 0.356. The lowest BCUT2D eigenvalue weighted by Gasteiger charge is -2.25. The fourth-order valence-corrected chi connectivity index (χ4v) is 2.61. The van der Waals surface area contributed by atoms with Crippen LogP contribution in [-0.2, 0) is 6.42 Å². The maximum atomic E-state index is 4.46. The fourth-order valence-electron chi connectivity index (χ4n) is 2.61. The Morgan fingerprint density at radius 1 is 1.26 bits per heavy atom. The van der Waals surface area contributed by atoms with Crippen molar-refractivity contribution in [1.82, 2.24) is 15.3 Å². The molecule has 1 N–H and O–H groups in total. The van der Waals surface area contributed by atoms with E-state index in [1.54, 1.807) is 0 Å². The van der Waals surface area contributed by atoms with Gasteiger partial charge < -0.3 is 10.2 Å². The highest BCUT2D eigenvalue weighted by Crippen LogP contribution is 2.17. The summed E-state index contributed by atoms with van der Waals surface area (Å²) in [6, 6.07) is 0. The number of piperidine rings is 1. The molecule has 1 aromatic rings. The second-order valence-electron chi connectivity index (χ2n) is 5.54. The predicted molar refractivity (Wildman–Crippen MR) is 79.5 cm³/mol. The van der Waals surface area contributed by atoms with E-state index in [2.05, 4.69) is 34.2 Å². The Morgan fingerprint density at radius 2 is 1.95 bits per heavy atom. The van der Waals surface area contributed by atoms with Gasteiger partial charge in [-0.25, -0.2) is 9.97 Å². The van der Waals surface area contributed by atoms with Crippen LogP contribution in [0, 0.1) is 5.92 Å². The van der Waals surface area contributed by atoms with Crippen LogP contribution in [0.1, 0.15) is 38.2 Å². The minimum atomic E-state index is 0.855. The first-order valence-electron chi connectivity index (χ1n) is 7.52. The van der Waals surface area contributed by atoms with Crippen molar-refractivity contribution in [2.24, 2.45) is 5.92 Å². The van der Waals surface area contributed by atoms with Gasteiger partial charge >= 0.3 is 0 Å². The third-order valence-corrected chi connectivity index (χ3v) is 3.90. The molecule has 0 unspecified atom stereocenters. The van der Waals surface area contributed by atoms with Crippen LogP contribution >= 0.6 is 0 Å².